The number of nitrogens with one attached hydrogen (secondary N) is 2. The highest BCUT2D eigenvalue weighted by molar-refractivity contribution is 7.90. The van der Waals surface area contributed by atoms with Crippen LogP contribution in [0.5, 0.6) is 0 Å². The molecule has 0 atom stereocenters. The van der Waals surface area contributed by atoms with E-state index in [0.29, 0.717) is 24.9 Å². The molecule has 2 aromatic rings. The van der Waals surface area contributed by atoms with Crippen molar-refractivity contribution in [3.05, 3.63) is 41.8 Å². The van der Waals surface area contributed by atoms with Gasteiger partial charge in [-0.15, -0.1) is 0 Å². The number of aryl methyl sites for hydroxylation is 1. The topological polar surface area (TPSA) is 96.6 Å². The molecule has 2 rings (SSSR count). The molecule has 0 aliphatic carbocycles. The van der Waals surface area contributed by atoms with Gasteiger partial charge in [-0.1, -0.05) is 17.7 Å². The predicted octanol–water partition coefficient (Wildman–Crippen LogP) is 1.36. The zero-order valence-corrected chi connectivity index (χ0v) is 14.9. The molecule has 0 saturated heterocycles. The number of sulfone groups is 1. The Labute approximate surface area is 142 Å². The van der Waals surface area contributed by atoms with E-state index in [-0.39, 0.29) is 5.75 Å². The molecule has 0 radical (unpaired) electrons. The number of aliphatic imine (C=N–C) groups is 1. The molecule has 0 spiro atoms. The van der Waals surface area contributed by atoms with Crippen LogP contribution in [0.2, 0.25) is 0 Å². The lowest BCUT2D eigenvalue weighted by Crippen LogP contribution is -2.39. The van der Waals surface area contributed by atoms with Gasteiger partial charge in [0, 0.05) is 25.4 Å². The van der Waals surface area contributed by atoms with Crippen molar-refractivity contribution in [1.82, 2.24) is 15.6 Å². The first-order chi connectivity index (χ1) is 11.4. The van der Waals surface area contributed by atoms with Crippen LogP contribution in [0.4, 0.5) is 0 Å². The van der Waals surface area contributed by atoms with E-state index in [4.69, 9.17) is 4.42 Å². The molecule has 1 aromatic heterocycles. The first kappa shape index (κ1) is 18.0. The van der Waals surface area contributed by atoms with Gasteiger partial charge in [-0.2, -0.15) is 0 Å². The second kappa shape index (κ2) is 7.96. The third kappa shape index (κ3) is 5.69. The lowest BCUT2D eigenvalue weighted by molar-refractivity contribution is 0.572. The maximum Gasteiger partial charge on any atom is 0.226 e. The molecule has 0 bridgehead atoms. The van der Waals surface area contributed by atoms with Crippen molar-refractivity contribution in [1.29, 1.82) is 0 Å². The van der Waals surface area contributed by atoms with Gasteiger partial charge in [-0.3, -0.25) is 4.99 Å². The standard InChI is InChI=1S/C16H22N4O3S/c1-12-4-6-13(7-5-12)15-20-14(11-23-15)10-19-16(17-2)18-8-9-24(3,21)22/h4-7,11H,8-10H2,1-3H3,(H2,17,18,19). The van der Waals surface area contributed by atoms with E-state index in [2.05, 4.69) is 20.6 Å². The van der Waals surface area contributed by atoms with E-state index in [1.807, 2.05) is 31.2 Å². The van der Waals surface area contributed by atoms with Crippen molar-refractivity contribution in [2.45, 2.75) is 13.5 Å². The molecule has 2 N–H and O–H groups in total. The van der Waals surface area contributed by atoms with Crippen molar-refractivity contribution in [2.75, 3.05) is 25.6 Å². The normalized spacial score (nSPS) is 12.2. The Balaban J connectivity index is 1.88. The summed E-state index contributed by atoms with van der Waals surface area (Å²) < 4.78 is 27.7. The van der Waals surface area contributed by atoms with Crippen molar-refractivity contribution < 1.29 is 12.8 Å². The third-order valence-corrected chi connectivity index (χ3v) is 4.22. The summed E-state index contributed by atoms with van der Waals surface area (Å²) in [6.45, 7) is 2.75. The number of benzene rings is 1. The molecule has 8 heteroatoms. The minimum absolute atomic E-state index is 0.0508. The summed E-state index contributed by atoms with van der Waals surface area (Å²) in [5, 5.41) is 6.01. The summed E-state index contributed by atoms with van der Waals surface area (Å²) in [7, 11) is -1.38. The Hall–Kier alpha value is -2.35. The van der Waals surface area contributed by atoms with Crippen molar-refractivity contribution in [3.8, 4) is 11.5 Å². The molecule has 24 heavy (non-hydrogen) atoms. The van der Waals surface area contributed by atoms with Crippen LogP contribution in [0.3, 0.4) is 0 Å². The van der Waals surface area contributed by atoms with Crippen LogP contribution in [0.1, 0.15) is 11.3 Å². The van der Waals surface area contributed by atoms with Gasteiger partial charge in [-0.25, -0.2) is 13.4 Å². The van der Waals surface area contributed by atoms with Gasteiger partial charge in [0.2, 0.25) is 5.89 Å². The molecule has 0 amide bonds. The minimum Gasteiger partial charge on any atom is -0.444 e. The predicted molar refractivity (Wildman–Crippen MR) is 94.6 cm³/mol. The molecular formula is C16H22N4O3S. The first-order valence-electron chi connectivity index (χ1n) is 7.51. The molecule has 1 aromatic carbocycles. The molecule has 0 fully saturated rings. The van der Waals surface area contributed by atoms with Crippen LogP contribution in [-0.2, 0) is 16.4 Å². The first-order valence-corrected chi connectivity index (χ1v) is 9.57. The molecule has 1 heterocycles. The number of hydrogen-bond donors (Lipinski definition) is 2. The minimum atomic E-state index is -3.00. The highest BCUT2D eigenvalue weighted by Gasteiger charge is 2.08. The number of oxazole rings is 1. The fourth-order valence-electron chi connectivity index (χ4n) is 1.97. The van der Waals surface area contributed by atoms with E-state index in [0.717, 1.165) is 11.3 Å². The van der Waals surface area contributed by atoms with E-state index in [9.17, 15) is 8.42 Å². The Morgan fingerprint density at radius 1 is 1.25 bits per heavy atom. The zero-order valence-electron chi connectivity index (χ0n) is 14.0. The maximum atomic E-state index is 11.1. The molecular weight excluding hydrogens is 328 g/mol. The van der Waals surface area contributed by atoms with Gasteiger partial charge in [0.05, 0.1) is 18.0 Å². The molecule has 0 unspecified atom stereocenters. The largest absolute Gasteiger partial charge is 0.444 e. The van der Waals surface area contributed by atoms with Crippen molar-refractivity contribution in [2.24, 2.45) is 4.99 Å². The van der Waals surface area contributed by atoms with E-state index in [1.165, 1.54) is 11.8 Å². The molecule has 0 saturated carbocycles. The highest BCUT2D eigenvalue weighted by Crippen LogP contribution is 2.18. The van der Waals surface area contributed by atoms with Crippen LogP contribution in [0.25, 0.3) is 11.5 Å². The van der Waals surface area contributed by atoms with Crippen molar-refractivity contribution in [3.63, 3.8) is 0 Å². The smallest absolute Gasteiger partial charge is 0.226 e. The Bertz CT molecular complexity index is 795. The third-order valence-electron chi connectivity index (χ3n) is 3.28. The number of hydrogen-bond acceptors (Lipinski definition) is 5. The maximum absolute atomic E-state index is 11.1. The summed E-state index contributed by atoms with van der Waals surface area (Å²) in [5.74, 6) is 1.13. The summed E-state index contributed by atoms with van der Waals surface area (Å²) >= 11 is 0. The molecule has 0 aliphatic rings. The van der Waals surface area contributed by atoms with Crippen molar-refractivity contribution >= 4 is 15.8 Å². The van der Waals surface area contributed by atoms with E-state index < -0.39 is 9.84 Å². The molecule has 0 aliphatic heterocycles. The SMILES string of the molecule is CN=C(NCCS(C)(=O)=O)NCc1coc(-c2ccc(C)cc2)n1. The highest BCUT2D eigenvalue weighted by atomic mass is 32.2. The van der Waals surface area contributed by atoms with Crippen LogP contribution in [0, 0.1) is 6.92 Å². The fourth-order valence-corrected chi connectivity index (χ4v) is 2.44. The Morgan fingerprint density at radius 3 is 2.58 bits per heavy atom. The summed E-state index contributed by atoms with van der Waals surface area (Å²) in [6, 6.07) is 7.93. The lowest BCUT2D eigenvalue weighted by atomic mass is 10.1. The van der Waals surface area contributed by atoms with E-state index in [1.54, 1.807) is 13.3 Å². The number of aromatic nitrogens is 1. The molecule has 7 nitrogen and oxygen atoms in total. The van der Waals surface area contributed by atoms with Crippen LogP contribution >= 0.6 is 0 Å². The zero-order chi connectivity index (χ0) is 17.6. The average Bonchev–Trinajstić information content (AvgIpc) is 2.99. The lowest BCUT2D eigenvalue weighted by Gasteiger charge is -2.09. The van der Waals surface area contributed by atoms with E-state index >= 15 is 0 Å². The number of guanidine groups is 1. The number of nitrogens with zero attached hydrogens (tertiary/aromatic N) is 2. The van der Waals surface area contributed by atoms with Gasteiger partial charge in [0.1, 0.15) is 16.1 Å². The Morgan fingerprint density at radius 2 is 1.96 bits per heavy atom. The number of rotatable bonds is 6. The quantitative estimate of drug-likeness (QED) is 0.603. The summed E-state index contributed by atoms with van der Waals surface area (Å²) in [5.41, 5.74) is 2.83. The van der Waals surface area contributed by atoms with Gasteiger partial charge >= 0.3 is 0 Å². The van der Waals surface area contributed by atoms with Crippen LogP contribution in [-0.4, -0.2) is 45.0 Å². The van der Waals surface area contributed by atoms with Crippen LogP contribution in [0.15, 0.2) is 39.9 Å². The summed E-state index contributed by atoms with van der Waals surface area (Å²) in [4.78, 5) is 8.47. The monoisotopic (exact) mass is 350 g/mol. The van der Waals surface area contributed by atoms with Gasteiger partial charge in [-0.05, 0) is 19.1 Å². The summed E-state index contributed by atoms with van der Waals surface area (Å²) in [6.07, 6.45) is 2.79. The second-order valence-corrected chi connectivity index (χ2v) is 7.75. The Kier molecular flexibility index (Phi) is 5.97. The van der Waals surface area contributed by atoms with Crippen LogP contribution < -0.4 is 10.6 Å². The molecule has 130 valence electrons. The van der Waals surface area contributed by atoms with Gasteiger partial charge in [0.25, 0.3) is 0 Å². The van der Waals surface area contributed by atoms with Gasteiger partial charge in [0.15, 0.2) is 5.96 Å². The second-order valence-electron chi connectivity index (χ2n) is 5.49. The van der Waals surface area contributed by atoms with Gasteiger partial charge < -0.3 is 15.1 Å². The average molecular weight is 350 g/mol. The fraction of sp³-hybridized carbons (Fsp3) is 0.375.